The number of methoxy groups -OCH3 is 1. The second-order valence-electron chi connectivity index (χ2n) is 9.70. The smallest absolute Gasteiger partial charge is 0.429 e. The number of nitrogens with zero attached hydrogens (tertiary/aromatic N) is 2. The molecule has 2 atom stereocenters. The monoisotopic (exact) mass is 654 g/mol. The van der Waals surface area contributed by atoms with Gasteiger partial charge in [-0.05, 0) is 35.2 Å². The molecule has 4 rings (SSSR count). The van der Waals surface area contributed by atoms with Crippen molar-refractivity contribution in [3.63, 3.8) is 0 Å². The molecule has 7 N–H and O–H groups in total. The Hall–Kier alpha value is -5.96. The first-order valence-electron chi connectivity index (χ1n) is 13.5. The number of rotatable bonds is 11. The summed E-state index contributed by atoms with van der Waals surface area (Å²) in [6.07, 6.45) is -5.83. The number of aliphatic carboxylic acids is 3. The van der Waals surface area contributed by atoms with Crippen LogP contribution < -0.4 is 20.9 Å². The van der Waals surface area contributed by atoms with Gasteiger partial charge >= 0.3 is 24.1 Å². The Morgan fingerprint density at radius 1 is 0.851 bits per heavy atom. The van der Waals surface area contributed by atoms with Gasteiger partial charge in [-0.2, -0.15) is 18.2 Å². The summed E-state index contributed by atoms with van der Waals surface area (Å²) in [5.74, 6) is -3.63. The third-order valence-corrected chi connectivity index (χ3v) is 6.26. The number of alkyl halides is 3. The number of hydrogen-bond donors (Lipinski definition) is 5. The van der Waals surface area contributed by atoms with E-state index in [4.69, 9.17) is 36.3 Å². The highest BCUT2D eigenvalue weighted by atomic mass is 19.4. The Balaban J connectivity index is 0.000000665. The molecular weight excluding hydrogens is 625 g/mol. The van der Waals surface area contributed by atoms with Gasteiger partial charge in [0.1, 0.15) is 11.8 Å². The summed E-state index contributed by atoms with van der Waals surface area (Å²) >= 11 is 0. The zero-order valence-corrected chi connectivity index (χ0v) is 24.6. The molecular formula is C32H29F3N4O8. The zero-order valence-electron chi connectivity index (χ0n) is 24.6. The van der Waals surface area contributed by atoms with E-state index in [1.165, 1.54) is 25.3 Å². The Labute approximate surface area is 265 Å². The van der Waals surface area contributed by atoms with Crippen molar-refractivity contribution in [2.75, 3.05) is 12.8 Å². The molecule has 0 bridgehead atoms. The molecule has 0 saturated heterocycles. The fourth-order valence-electron chi connectivity index (χ4n) is 4.04. The van der Waals surface area contributed by atoms with Gasteiger partial charge in [-0.3, -0.25) is 4.79 Å². The van der Waals surface area contributed by atoms with Crippen molar-refractivity contribution in [2.45, 2.75) is 24.7 Å². The summed E-state index contributed by atoms with van der Waals surface area (Å²) in [5, 5.41) is 24.6. The van der Waals surface area contributed by atoms with E-state index < -0.39 is 36.2 Å². The predicted octanol–water partition coefficient (Wildman–Crippen LogP) is 4.75. The van der Waals surface area contributed by atoms with E-state index in [0.717, 1.165) is 5.56 Å². The number of aromatic nitrogens is 2. The molecule has 0 radical (unpaired) electrons. The molecule has 0 amide bonds. The summed E-state index contributed by atoms with van der Waals surface area (Å²) in [6.45, 7) is 0. The van der Waals surface area contributed by atoms with Crippen molar-refractivity contribution in [1.29, 1.82) is 0 Å². The third kappa shape index (κ3) is 10.9. The molecule has 3 aromatic carbocycles. The molecule has 12 nitrogen and oxygen atoms in total. The molecule has 4 aromatic rings. The topological polar surface area (TPSA) is 208 Å². The van der Waals surface area contributed by atoms with Crippen LogP contribution in [0.4, 0.5) is 19.1 Å². The molecule has 0 fully saturated rings. The molecule has 0 aliphatic carbocycles. The maximum Gasteiger partial charge on any atom is 0.429 e. The number of hydrogen-bond acceptors (Lipinski definition) is 9. The summed E-state index contributed by atoms with van der Waals surface area (Å²) in [6, 6.07) is 19.8. The highest BCUT2D eigenvalue weighted by molar-refractivity contribution is 5.89. The Morgan fingerprint density at radius 3 is 1.98 bits per heavy atom. The van der Waals surface area contributed by atoms with Crippen molar-refractivity contribution in [3.05, 3.63) is 102 Å². The van der Waals surface area contributed by atoms with Gasteiger partial charge in [0, 0.05) is 29.3 Å². The van der Waals surface area contributed by atoms with Crippen LogP contribution in [0.3, 0.4) is 0 Å². The van der Waals surface area contributed by atoms with Gasteiger partial charge in [-0.15, -0.1) is 0 Å². The normalized spacial score (nSPS) is 12.4. The van der Waals surface area contributed by atoms with E-state index in [9.17, 15) is 27.6 Å². The summed E-state index contributed by atoms with van der Waals surface area (Å²) in [5.41, 5.74) is 14.2. The number of carboxylic acids is 3. The van der Waals surface area contributed by atoms with Gasteiger partial charge in [-0.25, -0.2) is 14.6 Å². The molecule has 1 heterocycles. The Kier molecular flexibility index (Phi) is 12.0. The van der Waals surface area contributed by atoms with E-state index in [-0.39, 0.29) is 29.5 Å². The van der Waals surface area contributed by atoms with Crippen LogP contribution in [0.15, 0.2) is 91.0 Å². The summed E-state index contributed by atoms with van der Waals surface area (Å²) in [4.78, 5) is 38.0. The van der Waals surface area contributed by atoms with Crippen LogP contribution >= 0.6 is 0 Å². The van der Waals surface area contributed by atoms with Crippen LogP contribution in [0.25, 0.3) is 22.4 Å². The standard InChI is InChI=1S/C28H25F3N4O4.C4H4O4/c1-38-21-4-2-3-20(14-21)17-9-11-19(12-10-17)25(28(29,30)31)39-24-15-23(34-27(33)35-24)18-7-5-16(6-8-18)13-22(32)26(36)37;5-3(6)1-2-4(7)8/h2-12,14-15,22,25H,13,32H2,1H3,(H,36,37)(H2,33,34,35);1-2H,(H,5,6)(H,7,8)/b;2-1-/t22-,25+;/m0./s1. The summed E-state index contributed by atoms with van der Waals surface area (Å²) < 4.78 is 52.8. The lowest BCUT2D eigenvalue weighted by Crippen LogP contribution is -2.32. The van der Waals surface area contributed by atoms with Crippen molar-refractivity contribution in [3.8, 4) is 34.0 Å². The fraction of sp³-hybridized carbons (Fsp3) is 0.156. The van der Waals surface area contributed by atoms with E-state index >= 15 is 0 Å². The van der Waals surface area contributed by atoms with Crippen LogP contribution in [0.1, 0.15) is 17.2 Å². The lowest BCUT2D eigenvalue weighted by atomic mass is 10.0. The quantitative estimate of drug-likeness (QED) is 0.139. The maximum atomic E-state index is 14.1. The van der Waals surface area contributed by atoms with Crippen LogP contribution in [0.5, 0.6) is 11.6 Å². The number of ether oxygens (including phenoxy) is 2. The molecule has 0 unspecified atom stereocenters. The number of anilines is 1. The van der Waals surface area contributed by atoms with Gasteiger partial charge in [0.25, 0.3) is 0 Å². The first-order chi connectivity index (χ1) is 22.2. The third-order valence-electron chi connectivity index (χ3n) is 6.26. The molecule has 47 heavy (non-hydrogen) atoms. The molecule has 0 aliphatic rings. The Bertz CT molecular complexity index is 1710. The van der Waals surface area contributed by atoms with Gasteiger partial charge in [0.15, 0.2) is 0 Å². The average molecular weight is 655 g/mol. The summed E-state index contributed by atoms with van der Waals surface area (Å²) in [7, 11) is 1.53. The van der Waals surface area contributed by atoms with Gasteiger partial charge in [0.2, 0.25) is 17.9 Å². The molecule has 0 spiro atoms. The number of nitrogens with two attached hydrogens (primary N) is 2. The van der Waals surface area contributed by atoms with E-state index in [2.05, 4.69) is 9.97 Å². The number of carbonyl (C=O) groups is 3. The lowest BCUT2D eigenvalue weighted by Gasteiger charge is -2.22. The number of nitrogen functional groups attached to an aromatic ring is 1. The lowest BCUT2D eigenvalue weighted by molar-refractivity contribution is -0.198. The van der Waals surface area contributed by atoms with Crippen molar-refractivity contribution in [1.82, 2.24) is 9.97 Å². The number of carboxylic acid groups (broad SMARTS) is 3. The number of halogens is 3. The maximum absolute atomic E-state index is 14.1. The minimum absolute atomic E-state index is 0.111. The van der Waals surface area contributed by atoms with Crippen LogP contribution in [0.2, 0.25) is 0 Å². The minimum atomic E-state index is -4.75. The van der Waals surface area contributed by atoms with Crippen LogP contribution in [0, 0.1) is 0 Å². The van der Waals surface area contributed by atoms with E-state index in [1.807, 2.05) is 6.07 Å². The van der Waals surface area contributed by atoms with E-state index in [0.29, 0.717) is 34.6 Å². The minimum Gasteiger partial charge on any atom is -0.497 e. The second-order valence-corrected chi connectivity index (χ2v) is 9.70. The van der Waals surface area contributed by atoms with Crippen LogP contribution in [-0.2, 0) is 20.8 Å². The molecule has 0 saturated carbocycles. The Morgan fingerprint density at radius 2 is 1.45 bits per heavy atom. The van der Waals surface area contributed by atoms with E-state index in [1.54, 1.807) is 54.6 Å². The average Bonchev–Trinajstić information content (AvgIpc) is 3.02. The van der Waals surface area contributed by atoms with Crippen molar-refractivity contribution < 1.29 is 52.3 Å². The highest BCUT2D eigenvalue weighted by Gasteiger charge is 2.43. The SMILES string of the molecule is COc1cccc(-c2ccc([C@@H](Oc3cc(-c4ccc(C[C@H](N)C(=O)O)cc4)nc(N)n3)C(F)(F)F)cc2)c1.O=C(O)/C=C\C(=O)O. The largest absolute Gasteiger partial charge is 0.497 e. The van der Waals surface area contributed by atoms with Gasteiger partial charge < -0.3 is 36.3 Å². The molecule has 0 aliphatic heterocycles. The zero-order chi connectivity index (χ0) is 34.7. The fourth-order valence-corrected chi connectivity index (χ4v) is 4.04. The molecule has 15 heteroatoms. The van der Waals surface area contributed by atoms with Gasteiger partial charge in [0.05, 0.1) is 12.8 Å². The highest BCUT2D eigenvalue weighted by Crippen LogP contribution is 2.38. The van der Waals surface area contributed by atoms with Crippen molar-refractivity contribution in [2.24, 2.45) is 5.73 Å². The predicted molar refractivity (Wildman–Crippen MR) is 163 cm³/mol. The first kappa shape index (κ1) is 35.5. The second kappa shape index (κ2) is 15.9. The van der Waals surface area contributed by atoms with Crippen molar-refractivity contribution >= 4 is 23.9 Å². The first-order valence-corrected chi connectivity index (χ1v) is 13.5. The number of benzene rings is 3. The molecule has 1 aromatic heterocycles. The van der Waals surface area contributed by atoms with Crippen LogP contribution in [-0.4, -0.2) is 62.5 Å². The van der Waals surface area contributed by atoms with Gasteiger partial charge in [-0.1, -0.05) is 60.7 Å². The molecule has 246 valence electrons.